The van der Waals surface area contributed by atoms with Crippen LogP contribution >= 0.6 is 0 Å². The molecule has 0 unspecified atom stereocenters. The molecule has 0 bridgehead atoms. The largest absolute Gasteiger partial charge is 0.469 e. The molecule has 5 aliphatic carbocycles. The summed E-state index contributed by atoms with van der Waals surface area (Å²) in [5, 5.41) is 11.1. The van der Waals surface area contributed by atoms with Crippen molar-refractivity contribution in [3.05, 3.63) is 11.6 Å². The lowest BCUT2D eigenvalue weighted by molar-refractivity contribution is -0.206. The molecule has 0 heterocycles. The van der Waals surface area contributed by atoms with E-state index in [-0.39, 0.29) is 51.0 Å². The van der Waals surface area contributed by atoms with E-state index < -0.39 is 5.41 Å². The fourth-order valence-electron chi connectivity index (χ4n) is 10.9. The highest BCUT2D eigenvalue weighted by atomic mass is 16.5. The van der Waals surface area contributed by atoms with Crippen molar-refractivity contribution in [1.29, 1.82) is 0 Å². The van der Waals surface area contributed by atoms with Crippen LogP contribution in [-0.4, -0.2) is 30.1 Å². The van der Waals surface area contributed by atoms with Gasteiger partial charge in [-0.2, -0.15) is 0 Å². The molecule has 0 saturated heterocycles. The minimum Gasteiger partial charge on any atom is -0.469 e. The molecule has 0 amide bonds. The maximum Gasteiger partial charge on any atom is 0.311 e. The van der Waals surface area contributed by atoms with Crippen molar-refractivity contribution in [3.63, 3.8) is 0 Å². The lowest BCUT2D eigenvalue weighted by atomic mass is 9.33. The molecule has 0 spiro atoms. The summed E-state index contributed by atoms with van der Waals surface area (Å²) in [6, 6.07) is 0. The summed E-state index contributed by atoms with van der Waals surface area (Å²) in [4.78, 5) is 27.2. The smallest absolute Gasteiger partial charge is 0.311 e. The Hall–Kier alpha value is -1.16. The van der Waals surface area contributed by atoms with Crippen molar-refractivity contribution in [2.24, 2.45) is 50.2 Å². The van der Waals surface area contributed by atoms with E-state index in [9.17, 15) is 14.7 Å². The van der Waals surface area contributed by atoms with Crippen LogP contribution in [0.2, 0.25) is 0 Å². The van der Waals surface area contributed by atoms with Gasteiger partial charge in [0.2, 0.25) is 0 Å². The molecule has 0 aliphatic heterocycles. The van der Waals surface area contributed by atoms with Gasteiger partial charge in [-0.05, 0) is 116 Å². The summed E-state index contributed by atoms with van der Waals surface area (Å²) >= 11 is 0. The van der Waals surface area contributed by atoms with Gasteiger partial charge >= 0.3 is 5.97 Å². The predicted molar refractivity (Wildman–Crippen MR) is 142 cm³/mol. The number of rotatable bonds is 2. The molecule has 0 aromatic heterocycles. The number of carbonyl (C=O) groups is 2. The minimum absolute atomic E-state index is 0.00388. The Kier molecular flexibility index (Phi) is 5.83. The molecule has 0 aromatic carbocycles. The highest BCUT2D eigenvalue weighted by molar-refractivity contribution is 5.95. The molecule has 0 aromatic rings. The second-order valence-corrected chi connectivity index (χ2v) is 15.2. The Morgan fingerprint density at radius 1 is 1.00 bits per heavy atom. The number of aliphatic hydroxyl groups excluding tert-OH is 1. The number of methoxy groups -OCH3 is 1. The molecule has 5 aliphatic rings. The normalized spacial score (nSPS) is 54.4. The Bertz CT molecular complexity index is 1000. The lowest BCUT2D eigenvalue weighted by Gasteiger charge is -2.70. The van der Waals surface area contributed by atoms with Gasteiger partial charge in [0.1, 0.15) is 0 Å². The third-order valence-electron chi connectivity index (χ3n) is 13.8. The molecule has 0 radical (unpaired) electrons. The molecule has 4 nitrogen and oxygen atoms in total. The molecular weight excluding hydrogens is 448 g/mol. The molecule has 4 fully saturated rings. The summed E-state index contributed by atoms with van der Waals surface area (Å²) in [5.74, 6) is 0.828. The third kappa shape index (κ3) is 3.09. The number of carbonyl (C=O) groups excluding carboxylic acids is 2. The second kappa shape index (κ2) is 7.93. The maximum absolute atomic E-state index is 14.4. The van der Waals surface area contributed by atoms with Crippen LogP contribution in [-0.2, 0) is 14.3 Å². The van der Waals surface area contributed by atoms with Gasteiger partial charge in [0.15, 0.2) is 5.78 Å². The Labute approximate surface area is 219 Å². The zero-order valence-electron chi connectivity index (χ0n) is 24.1. The minimum atomic E-state index is -0.481. The van der Waals surface area contributed by atoms with E-state index in [0.717, 1.165) is 64.2 Å². The molecular formula is C32H50O4. The number of aliphatic hydroxyl groups is 1. The van der Waals surface area contributed by atoms with Gasteiger partial charge in [0, 0.05) is 5.92 Å². The predicted octanol–water partition coefficient (Wildman–Crippen LogP) is 6.89. The van der Waals surface area contributed by atoms with Crippen LogP contribution in [0.25, 0.3) is 0 Å². The molecule has 10 atom stereocenters. The van der Waals surface area contributed by atoms with Gasteiger partial charge in [-0.3, -0.25) is 9.59 Å². The maximum atomic E-state index is 14.4. The average molecular weight is 499 g/mol. The monoisotopic (exact) mass is 498 g/mol. The van der Waals surface area contributed by atoms with Crippen molar-refractivity contribution < 1.29 is 19.4 Å². The third-order valence-corrected chi connectivity index (χ3v) is 13.8. The van der Waals surface area contributed by atoms with Gasteiger partial charge < -0.3 is 9.84 Å². The van der Waals surface area contributed by atoms with E-state index in [1.165, 1.54) is 12.7 Å². The highest BCUT2D eigenvalue weighted by Crippen LogP contribution is 2.75. The molecule has 36 heavy (non-hydrogen) atoms. The van der Waals surface area contributed by atoms with Crippen LogP contribution in [0.4, 0.5) is 0 Å². The molecule has 4 heteroatoms. The molecule has 1 N–H and O–H groups in total. The summed E-state index contributed by atoms with van der Waals surface area (Å²) < 4.78 is 5.26. The van der Waals surface area contributed by atoms with Crippen LogP contribution in [0.1, 0.15) is 113 Å². The van der Waals surface area contributed by atoms with E-state index in [1.54, 1.807) is 0 Å². The van der Waals surface area contributed by atoms with Crippen molar-refractivity contribution >= 4 is 11.8 Å². The van der Waals surface area contributed by atoms with Gasteiger partial charge in [-0.1, -0.05) is 47.1 Å². The summed E-state index contributed by atoms with van der Waals surface area (Å²) in [6.45, 7) is 16.3. The van der Waals surface area contributed by atoms with Crippen LogP contribution in [0.5, 0.6) is 0 Å². The van der Waals surface area contributed by atoms with Crippen LogP contribution < -0.4 is 0 Å². The first-order chi connectivity index (χ1) is 16.7. The van der Waals surface area contributed by atoms with Crippen molar-refractivity contribution in [1.82, 2.24) is 0 Å². The quantitative estimate of drug-likeness (QED) is 0.421. The SMILES string of the molecule is CC[C@@]1(C)[C@@H]2CC[C@]3(C)[C@H](C(=O)C=C4[C@H]5C[C@@](C)(C(=O)OC)CC[C@]5(C)CC[C@]43C)[C@@]2(C)CC[C@@H]1O. The molecule has 202 valence electrons. The number of esters is 1. The Morgan fingerprint density at radius 2 is 1.67 bits per heavy atom. The fraction of sp³-hybridized carbons (Fsp3) is 0.875. The Morgan fingerprint density at radius 3 is 2.31 bits per heavy atom. The number of ketones is 1. The second-order valence-electron chi connectivity index (χ2n) is 15.2. The van der Waals surface area contributed by atoms with E-state index in [1.807, 2.05) is 0 Å². The van der Waals surface area contributed by atoms with Gasteiger partial charge in [-0.25, -0.2) is 0 Å². The van der Waals surface area contributed by atoms with E-state index in [2.05, 4.69) is 54.5 Å². The summed E-state index contributed by atoms with van der Waals surface area (Å²) in [5.41, 5.74) is 0.632. The van der Waals surface area contributed by atoms with Crippen LogP contribution in [0.3, 0.4) is 0 Å². The highest BCUT2D eigenvalue weighted by Gasteiger charge is 2.70. The van der Waals surface area contributed by atoms with Gasteiger partial charge in [-0.15, -0.1) is 0 Å². The lowest BCUT2D eigenvalue weighted by Crippen LogP contribution is -2.66. The van der Waals surface area contributed by atoms with Crippen LogP contribution in [0, 0.1) is 50.2 Å². The molecule has 4 saturated carbocycles. The first kappa shape index (κ1) is 26.4. The number of hydrogen-bond donors (Lipinski definition) is 1. The van der Waals surface area contributed by atoms with E-state index >= 15 is 0 Å². The number of hydrogen-bond acceptors (Lipinski definition) is 4. The van der Waals surface area contributed by atoms with Crippen LogP contribution in [0.15, 0.2) is 11.6 Å². The fourth-order valence-corrected chi connectivity index (χ4v) is 10.9. The topological polar surface area (TPSA) is 63.6 Å². The first-order valence-electron chi connectivity index (χ1n) is 14.7. The summed E-state index contributed by atoms with van der Waals surface area (Å²) in [7, 11) is 1.51. The van der Waals surface area contributed by atoms with Crippen molar-refractivity contribution in [2.75, 3.05) is 7.11 Å². The van der Waals surface area contributed by atoms with E-state index in [4.69, 9.17) is 4.74 Å². The first-order valence-corrected chi connectivity index (χ1v) is 14.7. The zero-order valence-corrected chi connectivity index (χ0v) is 24.1. The van der Waals surface area contributed by atoms with Crippen molar-refractivity contribution in [2.45, 2.75) is 119 Å². The number of allylic oxidation sites excluding steroid dienone is 2. The average Bonchev–Trinajstić information content (AvgIpc) is 2.83. The Balaban J connectivity index is 1.61. The van der Waals surface area contributed by atoms with Gasteiger partial charge in [0.05, 0.1) is 18.6 Å². The number of fused-ring (bicyclic) bond motifs is 7. The van der Waals surface area contributed by atoms with Gasteiger partial charge in [0.25, 0.3) is 0 Å². The number of ether oxygens (including phenoxy) is 1. The standard InChI is InChI=1S/C32H50O4/c1-9-29(4)23-10-13-32(7)25(30(23,5)12-11-24(29)34)22(33)18-20-21-19-28(3,26(35)36-8)15-14-27(21,2)16-17-31(20,32)6/h18,21,23-25,34H,9-17,19H2,1-8H3/t21-,23+,24+,25-,27-,28+,29+,30+,31-,32-/m1/s1. The molecule has 5 rings (SSSR count). The van der Waals surface area contributed by atoms with E-state index in [0.29, 0.717) is 11.7 Å². The zero-order chi connectivity index (χ0) is 26.5. The summed E-state index contributed by atoms with van der Waals surface area (Å²) in [6.07, 6.45) is 11.5. The van der Waals surface area contributed by atoms with Crippen molar-refractivity contribution in [3.8, 4) is 0 Å².